The summed E-state index contributed by atoms with van der Waals surface area (Å²) in [5.74, 6) is -0.0510. The van der Waals surface area contributed by atoms with Crippen molar-refractivity contribution >= 4 is 23.4 Å². The van der Waals surface area contributed by atoms with Crippen LogP contribution < -0.4 is 5.32 Å². The fraction of sp³-hybridized carbons (Fsp3) is 0.526. The summed E-state index contributed by atoms with van der Waals surface area (Å²) in [6.07, 6.45) is 2.57. The van der Waals surface area contributed by atoms with Crippen molar-refractivity contribution < 1.29 is 9.53 Å². The van der Waals surface area contributed by atoms with Crippen molar-refractivity contribution in [3.05, 3.63) is 36.2 Å². The number of carbonyl (C=O) groups excluding carboxylic acids is 1. The molecule has 26 heavy (non-hydrogen) atoms. The van der Waals surface area contributed by atoms with Crippen molar-refractivity contribution in [1.82, 2.24) is 14.8 Å². The molecule has 0 spiro atoms. The number of ether oxygens (including phenoxy) is 1. The fourth-order valence-corrected chi connectivity index (χ4v) is 3.23. The second-order valence-electron chi connectivity index (χ2n) is 7.23. The Morgan fingerprint density at radius 1 is 1.31 bits per heavy atom. The molecule has 1 N–H and O–H groups in total. The first kappa shape index (κ1) is 20.5. The molecule has 1 heterocycles. The topological polar surface area (TPSA) is 69.0 Å². The van der Waals surface area contributed by atoms with Crippen LogP contribution in [0.1, 0.15) is 39.7 Å². The van der Waals surface area contributed by atoms with Crippen LogP contribution in [0.3, 0.4) is 0 Å². The van der Waals surface area contributed by atoms with Gasteiger partial charge in [0.1, 0.15) is 6.33 Å². The molecule has 1 aromatic heterocycles. The summed E-state index contributed by atoms with van der Waals surface area (Å²) in [6, 6.07) is 8.01. The largest absolute Gasteiger partial charge is 0.385 e. The zero-order chi connectivity index (χ0) is 19.2. The van der Waals surface area contributed by atoms with E-state index in [1.165, 1.54) is 17.3 Å². The van der Waals surface area contributed by atoms with Crippen molar-refractivity contribution in [2.24, 2.45) is 0 Å². The van der Waals surface area contributed by atoms with Gasteiger partial charge in [0, 0.05) is 25.9 Å². The molecule has 6 nitrogen and oxygen atoms in total. The molecule has 1 unspecified atom stereocenters. The molecule has 1 amide bonds. The second kappa shape index (κ2) is 9.19. The Bertz CT molecular complexity index is 707. The number of methoxy groups -OCH3 is 1. The lowest BCUT2D eigenvalue weighted by Crippen LogP contribution is -2.23. The fourth-order valence-electron chi connectivity index (χ4n) is 2.38. The number of aromatic nitrogens is 3. The first-order valence-electron chi connectivity index (χ1n) is 8.76. The minimum atomic E-state index is -0.275. The average Bonchev–Trinajstić information content (AvgIpc) is 3.02. The van der Waals surface area contributed by atoms with Gasteiger partial charge in [0.05, 0.1) is 5.25 Å². The van der Waals surface area contributed by atoms with E-state index in [2.05, 4.69) is 48.4 Å². The molecule has 7 heteroatoms. The lowest BCUT2D eigenvalue weighted by molar-refractivity contribution is -0.115. The number of rotatable bonds is 8. The predicted molar refractivity (Wildman–Crippen MR) is 106 cm³/mol. The second-order valence-corrected chi connectivity index (χ2v) is 8.54. The van der Waals surface area contributed by atoms with Crippen LogP contribution in [-0.2, 0) is 21.5 Å². The number of nitrogens with zero attached hydrogens (tertiary/aromatic N) is 3. The van der Waals surface area contributed by atoms with Crippen LogP contribution in [0.2, 0.25) is 0 Å². The van der Waals surface area contributed by atoms with Crippen molar-refractivity contribution in [2.45, 2.75) is 56.5 Å². The number of aryl methyl sites for hydroxylation is 1. The van der Waals surface area contributed by atoms with Gasteiger partial charge in [0.25, 0.3) is 0 Å². The highest BCUT2D eigenvalue weighted by atomic mass is 32.2. The van der Waals surface area contributed by atoms with Gasteiger partial charge in [0.15, 0.2) is 5.16 Å². The van der Waals surface area contributed by atoms with Crippen LogP contribution in [0.25, 0.3) is 0 Å². The van der Waals surface area contributed by atoms with E-state index in [1.807, 2.05) is 23.6 Å². The highest BCUT2D eigenvalue weighted by Gasteiger charge is 2.18. The molecule has 0 radical (unpaired) electrons. The Hall–Kier alpha value is -1.86. The van der Waals surface area contributed by atoms with Crippen LogP contribution in [0, 0.1) is 0 Å². The summed E-state index contributed by atoms with van der Waals surface area (Å²) < 4.78 is 7.02. The van der Waals surface area contributed by atoms with E-state index in [1.54, 1.807) is 13.4 Å². The highest BCUT2D eigenvalue weighted by molar-refractivity contribution is 8.00. The van der Waals surface area contributed by atoms with Crippen LogP contribution in [0.5, 0.6) is 0 Å². The van der Waals surface area contributed by atoms with Gasteiger partial charge in [-0.05, 0) is 36.5 Å². The molecule has 1 aromatic carbocycles. The van der Waals surface area contributed by atoms with E-state index in [0.29, 0.717) is 6.61 Å². The van der Waals surface area contributed by atoms with E-state index < -0.39 is 0 Å². The molecule has 0 aliphatic rings. The van der Waals surface area contributed by atoms with Crippen LogP contribution in [0.4, 0.5) is 5.69 Å². The number of carbonyl (C=O) groups is 1. The van der Waals surface area contributed by atoms with Gasteiger partial charge in [0.2, 0.25) is 5.91 Å². The van der Waals surface area contributed by atoms with E-state index in [0.717, 1.165) is 23.8 Å². The molecule has 0 aliphatic heterocycles. The molecular weight excluding hydrogens is 348 g/mol. The smallest absolute Gasteiger partial charge is 0.237 e. The Kier molecular flexibility index (Phi) is 7.23. The lowest BCUT2D eigenvalue weighted by atomic mass is 9.87. The first-order chi connectivity index (χ1) is 12.3. The highest BCUT2D eigenvalue weighted by Crippen LogP contribution is 2.25. The molecule has 0 fully saturated rings. The summed E-state index contributed by atoms with van der Waals surface area (Å²) in [6.45, 7) is 9.83. The summed E-state index contributed by atoms with van der Waals surface area (Å²) in [5, 5.41) is 11.5. The Labute approximate surface area is 159 Å². The third-order valence-corrected chi connectivity index (χ3v) is 5.09. The van der Waals surface area contributed by atoms with E-state index in [9.17, 15) is 4.79 Å². The van der Waals surface area contributed by atoms with Gasteiger partial charge in [-0.15, -0.1) is 10.2 Å². The van der Waals surface area contributed by atoms with E-state index in [4.69, 9.17) is 4.74 Å². The maximum atomic E-state index is 12.5. The number of nitrogens with one attached hydrogen (secondary N) is 1. The summed E-state index contributed by atoms with van der Waals surface area (Å²) >= 11 is 1.41. The summed E-state index contributed by atoms with van der Waals surface area (Å²) in [4.78, 5) is 12.5. The molecule has 2 aromatic rings. The van der Waals surface area contributed by atoms with Crippen molar-refractivity contribution in [3.8, 4) is 0 Å². The zero-order valence-corrected chi connectivity index (χ0v) is 17.0. The molecule has 142 valence electrons. The summed E-state index contributed by atoms with van der Waals surface area (Å²) in [5.41, 5.74) is 2.14. The van der Waals surface area contributed by atoms with Gasteiger partial charge >= 0.3 is 0 Å². The van der Waals surface area contributed by atoms with Crippen LogP contribution >= 0.6 is 11.8 Å². The van der Waals surface area contributed by atoms with Crippen LogP contribution in [0.15, 0.2) is 35.7 Å². The third-order valence-electron chi connectivity index (χ3n) is 4.00. The lowest BCUT2D eigenvalue weighted by Gasteiger charge is -2.19. The van der Waals surface area contributed by atoms with Gasteiger partial charge in [-0.25, -0.2) is 0 Å². The van der Waals surface area contributed by atoms with Crippen molar-refractivity contribution in [2.75, 3.05) is 19.0 Å². The molecule has 1 atom stereocenters. The molecule has 0 bridgehead atoms. The Morgan fingerprint density at radius 2 is 2.00 bits per heavy atom. The zero-order valence-electron chi connectivity index (χ0n) is 16.2. The predicted octanol–water partition coefficient (Wildman–Crippen LogP) is 3.73. The standard InChI is InChI=1S/C19H28N4O2S/c1-14(26-18-22-20-13-23(18)11-6-12-25-5)17(24)21-16-9-7-15(8-10-16)19(2,3)4/h7-10,13-14H,6,11-12H2,1-5H3,(H,21,24). The maximum absolute atomic E-state index is 12.5. The van der Waals surface area contributed by atoms with Crippen molar-refractivity contribution in [3.63, 3.8) is 0 Å². The number of anilines is 1. The Balaban J connectivity index is 1.93. The number of hydrogen-bond acceptors (Lipinski definition) is 5. The van der Waals surface area contributed by atoms with Crippen LogP contribution in [-0.4, -0.2) is 39.6 Å². The number of thioether (sulfide) groups is 1. The maximum Gasteiger partial charge on any atom is 0.237 e. The normalized spacial score (nSPS) is 12.8. The minimum absolute atomic E-state index is 0.0510. The van der Waals surface area contributed by atoms with E-state index in [-0.39, 0.29) is 16.6 Å². The molecule has 0 aliphatic carbocycles. The monoisotopic (exact) mass is 376 g/mol. The summed E-state index contributed by atoms with van der Waals surface area (Å²) in [7, 11) is 1.68. The van der Waals surface area contributed by atoms with Gasteiger partial charge in [-0.1, -0.05) is 44.7 Å². The Morgan fingerprint density at radius 3 is 2.62 bits per heavy atom. The van der Waals surface area contributed by atoms with E-state index >= 15 is 0 Å². The molecule has 0 saturated heterocycles. The number of benzene rings is 1. The minimum Gasteiger partial charge on any atom is -0.385 e. The first-order valence-corrected chi connectivity index (χ1v) is 9.64. The van der Waals surface area contributed by atoms with Gasteiger partial charge in [-0.2, -0.15) is 0 Å². The third kappa shape index (κ3) is 5.85. The molecular formula is C19H28N4O2S. The molecule has 2 rings (SSSR count). The average molecular weight is 377 g/mol. The van der Waals surface area contributed by atoms with Gasteiger partial charge in [-0.3, -0.25) is 4.79 Å². The number of amides is 1. The SMILES string of the molecule is COCCCn1cnnc1SC(C)C(=O)Nc1ccc(C(C)(C)C)cc1. The number of hydrogen-bond donors (Lipinski definition) is 1. The van der Waals surface area contributed by atoms with Gasteiger partial charge < -0.3 is 14.6 Å². The quantitative estimate of drug-likeness (QED) is 0.561. The molecule has 0 saturated carbocycles. The van der Waals surface area contributed by atoms with Crippen molar-refractivity contribution in [1.29, 1.82) is 0 Å².